The summed E-state index contributed by atoms with van der Waals surface area (Å²) in [6.45, 7) is 1.14. The topological polar surface area (TPSA) is 53.8 Å². The highest BCUT2D eigenvalue weighted by Crippen LogP contribution is 2.22. The van der Waals surface area contributed by atoms with E-state index in [1.807, 2.05) is 48.5 Å². The van der Waals surface area contributed by atoms with E-state index in [1.165, 1.54) is 5.56 Å². The summed E-state index contributed by atoms with van der Waals surface area (Å²) < 4.78 is 5.66. The number of nitrogens with one attached hydrogen (secondary N) is 1. The van der Waals surface area contributed by atoms with E-state index in [4.69, 9.17) is 4.74 Å². The first-order chi connectivity index (χ1) is 10.9. The maximum absolute atomic E-state index is 9.54. The standard InChI is InChI=1S/C18H20N2O2/c21-12-16(14-7-3-1-4-8-14)19-11-18-20-17(13-22-18)15-9-5-2-6-10-15/h1-10,16-17,19,21H,11-13H2/t16-,17-/m0/s1. The zero-order valence-electron chi connectivity index (χ0n) is 12.4. The first-order valence-electron chi connectivity index (χ1n) is 7.50. The number of aliphatic hydroxyl groups is 1. The van der Waals surface area contributed by atoms with Crippen molar-refractivity contribution in [1.82, 2.24) is 5.32 Å². The number of hydrogen-bond acceptors (Lipinski definition) is 4. The Morgan fingerprint density at radius 3 is 2.45 bits per heavy atom. The van der Waals surface area contributed by atoms with Gasteiger partial charge in [0.2, 0.25) is 0 Å². The van der Waals surface area contributed by atoms with E-state index in [0.717, 1.165) is 5.56 Å². The van der Waals surface area contributed by atoms with Crippen LogP contribution in [0.3, 0.4) is 0 Å². The van der Waals surface area contributed by atoms with Crippen LogP contribution >= 0.6 is 0 Å². The second-order valence-electron chi connectivity index (χ2n) is 5.29. The molecule has 4 nitrogen and oxygen atoms in total. The van der Waals surface area contributed by atoms with E-state index < -0.39 is 0 Å². The lowest BCUT2D eigenvalue weighted by Crippen LogP contribution is -2.30. The van der Waals surface area contributed by atoms with Gasteiger partial charge in [-0.1, -0.05) is 60.7 Å². The van der Waals surface area contributed by atoms with Gasteiger partial charge in [0.15, 0.2) is 5.90 Å². The smallest absolute Gasteiger partial charge is 0.198 e. The normalized spacial score (nSPS) is 18.6. The van der Waals surface area contributed by atoms with Crippen molar-refractivity contribution in [3.8, 4) is 0 Å². The van der Waals surface area contributed by atoms with Crippen LogP contribution in [-0.2, 0) is 4.74 Å². The van der Waals surface area contributed by atoms with E-state index in [1.54, 1.807) is 0 Å². The van der Waals surface area contributed by atoms with Crippen LogP contribution in [0.1, 0.15) is 23.2 Å². The lowest BCUT2D eigenvalue weighted by molar-refractivity contribution is 0.245. The average Bonchev–Trinajstić information content (AvgIpc) is 3.06. The molecule has 0 fully saturated rings. The molecule has 0 saturated heterocycles. The monoisotopic (exact) mass is 296 g/mol. The largest absolute Gasteiger partial charge is 0.477 e. The molecule has 0 saturated carbocycles. The molecule has 0 radical (unpaired) electrons. The number of rotatable bonds is 6. The van der Waals surface area contributed by atoms with Gasteiger partial charge in [-0.25, -0.2) is 4.99 Å². The highest BCUT2D eigenvalue weighted by molar-refractivity contribution is 5.80. The van der Waals surface area contributed by atoms with E-state index in [9.17, 15) is 5.11 Å². The molecule has 0 bridgehead atoms. The second kappa shape index (κ2) is 7.20. The Balaban J connectivity index is 1.60. The van der Waals surface area contributed by atoms with Gasteiger partial charge in [0.1, 0.15) is 12.6 Å². The minimum absolute atomic E-state index is 0.0411. The number of benzene rings is 2. The van der Waals surface area contributed by atoms with Crippen LogP contribution in [0.4, 0.5) is 0 Å². The average molecular weight is 296 g/mol. The summed E-state index contributed by atoms with van der Waals surface area (Å²) >= 11 is 0. The number of aliphatic hydroxyl groups excluding tert-OH is 1. The van der Waals surface area contributed by atoms with Crippen molar-refractivity contribution in [2.75, 3.05) is 19.8 Å². The maximum Gasteiger partial charge on any atom is 0.198 e. The van der Waals surface area contributed by atoms with Gasteiger partial charge in [-0.2, -0.15) is 0 Å². The summed E-state index contributed by atoms with van der Waals surface area (Å²) in [5.74, 6) is 0.697. The van der Waals surface area contributed by atoms with Gasteiger partial charge in [-0.05, 0) is 11.1 Å². The molecule has 2 aromatic carbocycles. The Morgan fingerprint density at radius 2 is 1.77 bits per heavy atom. The van der Waals surface area contributed by atoms with Gasteiger partial charge in [0, 0.05) is 0 Å². The molecule has 2 aromatic rings. The first-order valence-corrected chi connectivity index (χ1v) is 7.50. The predicted molar refractivity (Wildman–Crippen MR) is 86.8 cm³/mol. The van der Waals surface area contributed by atoms with Crippen LogP contribution < -0.4 is 5.32 Å². The van der Waals surface area contributed by atoms with Crippen molar-refractivity contribution in [1.29, 1.82) is 0 Å². The molecule has 0 unspecified atom stereocenters. The lowest BCUT2D eigenvalue weighted by Gasteiger charge is -2.16. The van der Waals surface area contributed by atoms with Gasteiger partial charge in [0.05, 0.1) is 19.2 Å². The Labute approximate surface area is 130 Å². The molecular weight excluding hydrogens is 276 g/mol. The van der Waals surface area contributed by atoms with Crippen molar-refractivity contribution < 1.29 is 9.84 Å². The summed E-state index contributed by atoms with van der Waals surface area (Å²) in [7, 11) is 0. The van der Waals surface area contributed by atoms with Crippen molar-refractivity contribution in [2.24, 2.45) is 4.99 Å². The number of nitrogens with zero attached hydrogens (tertiary/aromatic N) is 1. The van der Waals surface area contributed by atoms with Crippen molar-refractivity contribution >= 4 is 5.90 Å². The highest BCUT2D eigenvalue weighted by Gasteiger charge is 2.21. The number of hydrogen-bond donors (Lipinski definition) is 2. The molecule has 1 aliphatic rings. The summed E-state index contributed by atoms with van der Waals surface area (Å²) in [4.78, 5) is 4.61. The first kappa shape index (κ1) is 14.8. The SMILES string of the molecule is OC[C@H](NCC1=N[C@H](c2ccccc2)CO1)c1ccccc1. The predicted octanol–water partition coefficient (Wildman–Crippen LogP) is 2.48. The molecule has 0 amide bonds. The molecule has 1 aliphatic heterocycles. The Morgan fingerprint density at radius 1 is 1.09 bits per heavy atom. The molecule has 22 heavy (non-hydrogen) atoms. The zero-order chi connectivity index (χ0) is 15.2. The molecule has 114 valence electrons. The number of ether oxygens (including phenoxy) is 1. The van der Waals surface area contributed by atoms with Crippen LogP contribution in [-0.4, -0.2) is 30.8 Å². The third-order valence-corrected chi connectivity index (χ3v) is 3.78. The molecule has 0 aromatic heterocycles. The molecule has 1 heterocycles. The molecule has 0 spiro atoms. The highest BCUT2D eigenvalue weighted by atomic mass is 16.5. The van der Waals surface area contributed by atoms with Crippen LogP contribution in [0.2, 0.25) is 0 Å². The van der Waals surface area contributed by atoms with Crippen LogP contribution in [0.25, 0.3) is 0 Å². The molecule has 2 atom stereocenters. The van der Waals surface area contributed by atoms with E-state index >= 15 is 0 Å². The Kier molecular flexibility index (Phi) is 4.83. The van der Waals surface area contributed by atoms with Crippen LogP contribution in [0.15, 0.2) is 65.7 Å². The zero-order valence-corrected chi connectivity index (χ0v) is 12.4. The van der Waals surface area contributed by atoms with Crippen molar-refractivity contribution in [2.45, 2.75) is 12.1 Å². The van der Waals surface area contributed by atoms with Crippen LogP contribution in [0, 0.1) is 0 Å². The Bertz CT molecular complexity index is 613. The van der Waals surface area contributed by atoms with Gasteiger partial charge in [-0.15, -0.1) is 0 Å². The summed E-state index contributed by atoms with van der Waals surface area (Å²) in [6, 6.07) is 20.0. The summed E-state index contributed by atoms with van der Waals surface area (Å²) in [6.07, 6.45) is 0. The second-order valence-corrected chi connectivity index (χ2v) is 5.29. The van der Waals surface area contributed by atoms with Crippen molar-refractivity contribution in [3.63, 3.8) is 0 Å². The fourth-order valence-electron chi connectivity index (χ4n) is 2.55. The third-order valence-electron chi connectivity index (χ3n) is 3.78. The summed E-state index contributed by atoms with van der Waals surface area (Å²) in [5.41, 5.74) is 2.22. The van der Waals surface area contributed by atoms with E-state index in [0.29, 0.717) is 19.0 Å². The van der Waals surface area contributed by atoms with Gasteiger partial charge in [-0.3, -0.25) is 5.32 Å². The molecule has 4 heteroatoms. The molecule has 2 N–H and O–H groups in total. The molecule has 3 rings (SSSR count). The Hall–Kier alpha value is -2.17. The number of aliphatic imine (C=N–C) groups is 1. The van der Waals surface area contributed by atoms with Crippen LogP contribution in [0.5, 0.6) is 0 Å². The fourth-order valence-corrected chi connectivity index (χ4v) is 2.55. The van der Waals surface area contributed by atoms with Gasteiger partial charge < -0.3 is 9.84 Å². The van der Waals surface area contributed by atoms with E-state index in [2.05, 4.69) is 22.4 Å². The van der Waals surface area contributed by atoms with Gasteiger partial charge in [0.25, 0.3) is 0 Å². The molecular formula is C18H20N2O2. The minimum Gasteiger partial charge on any atom is -0.477 e. The quantitative estimate of drug-likeness (QED) is 0.861. The molecule has 0 aliphatic carbocycles. The fraction of sp³-hybridized carbons (Fsp3) is 0.278. The van der Waals surface area contributed by atoms with Gasteiger partial charge >= 0.3 is 0 Å². The minimum atomic E-state index is -0.108. The maximum atomic E-state index is 9.54. The summed E-state index contributed by atoms with van der Waals surface area (Å²) in [5, 5.41) is 12.8. The third kappa shape index (κ3) is 3.53. The lowest BCUT2D eigenvalue weighted by atomic mass is 10.1. The van der Waals surface area contributed by atoms with Crippen molar-refractivity contribution in [3.05, 3.63) is 71.8 Å². The van der Waals surface area contributed by atoms with E-state index in [-0.39, 0.29) is 18.7 Å².